The van der Waals surface area contributed by atoms with E-state index >= 15 is 0 Å². The first-order chi connectivity index (χ1) is 13.6. The van der Waals surface area contributed by atoms with Crippen molar-refractivity contribution in [3.63, 3.8) is 0 Å². The Kier molecular flexibility index (Phi) is 6.25. The molecule has 0 aromatic heterocycles. The largest absolute Gasteiger partial charge is 0.385 e. The second-order valence-electron chi connectivity index (χ2n) is 9.41. The zero-order valence-corrected chi connectivity index (χ0v) is 17.7. The first kappa shape index (κ1) is 19.8. The van der Waals surface area contributed by atoms with Crippen LogP contribution in [0.4, 0.5) is 5.69 Å². The van der Waals surface area contributed by atoms with E-state index in [1.807, 2.05) is 0 Å². The summed E-state index contributed by atoms with van der Waals surface area (Å²) in [5.74, 6) is 1.15. The Morgan fingerprint density at radius 1 is 1.11 bits per heavy atom. The van der Waals surface area contributed by atoms with Crippen LogP contribution >= 0.6 is 0 Å². The number of nitrogens with zero attached hydrogens (tertiary/aromatic N) is 2. The Labute approximate surface area is 170 Å². The van der Waals surface area contributed by atoms with Crippen LogP contribution in [0.5, 0.6) is 0 Å². The Bertz CT molecular complexity index is 670. The lowest BCUT2D eigenvalue weighted by atomic mass is 9.82. The Morgan fingerprint density at radius 3 is 2.64 bits per heavy atom. The molecule has 3 aliphatic rings. The molecule has 1 saturated carbocycles. The Morgan fingerprint density at radius 2 is 1.89 bits per heavy atom. The maximum Gasteiger partial charge on any atom is 0.222 e. The molecule has 2 fully saturated rings. The van der Waals surface area contributed by atoms with E-state index in [1.165, 1.54) is 49.8 Å². The van der Waals surface area contributed by atoms with Gasteiger partial charge in [-0.2, -0.15) is 0 Å². The highest BCUT2D eigenvalue weighted by Crippen LogP contribution is 2.33. The van der Waals surface area contributed by atoms with Gasteiger partial charge in [-0.05, 0) is 57.1 Å². The molecule has 0 spiro atoms. The molecule has 4 nitrogen and oxygen atoms in total. The van der Waals surface area contributed by atoms with Crippen molar-refractivity contribution >= 4 is 11.6 Å². The monoisotopic (exact) mass is 383 g/mol. The van der Waals surface area contributed by atoms with Crippen LogP contribution in [0.1, 0.15) is 70.8 Å². The number of benzene rings is 1. The molecule has 2 bridgehead atoms. The fourth-order valence-corrected chi connectivity index (χ4v) is 5.49. The van der Waals surface area contributed by atoms with E-state index in [4.69, 9.17) is 0 Å². The van der Waals surface area contributed by atoms with Gasteiger partial charge in [0.2, 0.25) is 5.91 Å². The van der Waals surface area contributed by atoms with Crippen molar-refractivity contribution in [2.45, 2.75) is 89.9 Å². The van der Waals surface area contributed by atoms with E-state index in [-0.39, 0.29) is 0 Å². The van der Waals surface area contributed by atoms with Crippen LogP contribution in [0.25, 0.3) is 0 Å². The fourth-order valence-electron chi connectivity index (χ4n) is 5.49. The van der Waals surface area contributed by atoms with Gasteiger partial charge in [0.25, 0.3) is 0 Å². The van der Waals surface area contributed by atoms with Crippen LogP contribution in [-0.4, -0.2) is 46.9 Å². The van der Waals surface area contributed by atoms with E-state index in [0.29, 0.717) is 24.0 Å². The van der Waals surface area contributed by atoms with Crippen molar-refractivity contribution in [1.29, 1.82) is 0 Å². The fraction of sp³-hybridized carbons (Fsp3) is 0.708. The lowest BCUT2D eigenvalue weighted by Crippen LogP contribution is -2.48. The van der Waals surface area contributed by atoms with Crippen LogP contribution in [0.2, 0.25) is 0 Å². The highest BCUT2D eigenvalue weighted by atomic mass is 16.2. The molecule has 4 rings (SSSR count). The average Bonchev–Trinajstić information content (AvgIpc) is 3.02. The zero-order valence-electron chi connectivity index (χ0n) is 17.7. The zero-order chi connectivity index (χ0) is 19.5. The molecule has 0 radical (unpaired) electrons. The molecule has 4 heteroatoms. The normalized spacial score (nSPS) is 26.3. The van der Waals surface area contributed by atoms with Gasteiger partial charge in [0, 0.05) is 49.9 Å². The molecule has 1 aliphatic carbocycles. The summed E-state index contributed by atoms with van der Waals surface area (Å²) in [6, 6.07) is 10.2. The number of hydrogen-bond acceptors (Lipinski definition) is 3. The highest BCUT2D eigenvalue weighted by molar-refractivity contribution is 5.76. The predicted molar refractivity (Wildman–Crippen MR) is 115 cm³/mol. The van der Waals surface area contributed by atoms with Crippen LogP contribution in [-0.2, 0) is 11.3 Å². The highest BCUT2D eigenvalue weighted by Gasteiger charge is 2.37. The van der Waals surface area contributed by atoms with Crippen molar-refractivity contribution in [3.8, 4) is 0 Å². The van der Waals surface area contributed by atoms with Gasteiger partial charge < -0.3 is 10.2 Å². The molecule has 1 amide bonds. The van der Waals surface area contributed by atoms with Crippen LogP contribution < -0.4 is 5.32 Å². The number of hydrogen-bond donors (Lipinski definition) is 1. The van der Waals surface area contributed by atoms with E-state index in [0.717, 1.165) is 38.4 Å². The summed E-state index contributed by atoms with van der Waals surface area (Å²) in [6.45, 7) is 7.26. The van der Waals surface area contributed by atoms with Crippen molar-refractivity contribution < 1.29 is 4.79 Å². The van der Waals surface area contributed by atoms with Crippen molar-refractivity contribution in [2.75, 3.05) is 18.4 Å². The molecule has 1 saturated heterocycles. The van der Waals surface area contributed by atoms with Crippen molar-refractivity contribution in [3.05, 3.63) is 29.8 Å². The minimum Gasteiger partial charge on any atom is -0.385 e. The number of nitrogens with one attached hydrogen (secondary N) is 1. The van der Waals surface area contributed by atoms with Gasteiger partial charge in [0.15, 0.2) is 0 Å². The van der Waals surface area contributed by atoms with Gasteiger partial charge in [-0.1, -0.05) is 37.5 Å². The molecule has 1 aromatic carbocycles. The number of fused-ring (bicyclic) bond motifs is 3. The smallest absolute Gasteiger partial charge is 0.222 e. The predicted octanol–water partition coefficient (Wildman–Crippen LogP) is 4.65. The van der Waals surface area contributed by atoms with E-state index in [9.17, 15) is 4.79 Å². The van der Waals surface area contributed by atoms with Gasteiger partial charge in [0.05, 0.1) is 0 Å². The third-order valence-electron chi connectivity index (χ3n) is 7.22. The standard InChI is InChI=1S/C24H37N3O/c1-18(2)27-21-11-12-22(27)17-26(24(28)13-10-19-6-5-7-19)16-20-8-3-4-9-23(20)25-15-14-21/h3-4,8-9,18-19,21-22,25H,5-7,10-17H2,1-2H3/t21-,22+/m1/s1. The third kappa shape index (κ3) is 4.37. The van der Waals surface area contributed by atoms with E-state index in [1.54, 1.807) is 0 Å². The molecule has 2 atom stereocenters. The summed E-state index contributed by atoms with van der Waals surface area (Å²) in [6.07, 6.45) is 9.46. The third-order valence-corrected chi connectivity index (χ3v) is 7.22. The number of rotatable bonds is 4. The van der Waals surface area contributed by atoms with Crippen LogP contribution in [0.3, 0.4) is 0 Å². The summed E-state index contributed by atoms with van der Waals surface area (Å²) in [5, 5.41) is 3.67. The average molecular weight is 384 g/mol. The summed E-state index contributed by atoms with van der Waals surface area (Å²) in [4.78, 5) is 18.1. The molecular formula is C24H37N3O. The first-order valence-corrected chi connectivity index (χ1v) is 11.5. The van der Waals surface area contributed by atoms with Gasteiger partial charge in [-0.15, -0.1) is 0 Å². The van der Waals surface area contributed by atoms with Gasteiger partial charge in [-0.25, -0.2) is 0 Å². The van der Waals surface area contributed by atoms with Crippen molar-refractivity contribution in [2.24, 2.45) is 5.92 Å². The summed E-state index contributed by atoms with van der Waals surface area (Å²) >= 11 is 0. The summed E-state index contributed by atoms with van der Waals surface area (Å²) in [5.41, 5.74) is 2.46. The van der Waals surface area contributed by atoms with E-state index in [2.05, 4.69) is 53.2 Å². The number of carbonyl (C=O) groups excluding carboxylic acids is 1. The number of carbonyl (C=O) groups is 1. The SMILES string of the molecule is CC(C)N1[C@H]2CCNc3ccccc3CN(C(=O)CCC3CCC3)C[C@@H]1CC2. The number of para-hydroxylation sites is 1. The molecule has 2 heterocycles. The van der Waals surface area contributed by atoms with Gasteiger partial charge >= 0.3 is 0 Å². The number of anilines is 1. The van der Waals surface area contributed by atoms with Gasteiger partial charge in [0.1, 0.15) is 0 Å². The maximum absolute atomic E-state index is 13.2. The molecule has 1 aromatic rings. The summed E-state index contributed by atoms with van der Waals surface area (Å²) < 4.78 is 0. The summed E-state index contributed by atoms with van der Waals surface area (Å²) in [7, 11) is 0. The molecule has 1 N–H and O–H groups in total. The quantitative estimate of drug-likeness (QED) is 0.822. The topological polar surface area (TPSA) is 35.6 Å². The first-order valence-electron chi connectivity index (χ1n) is 11.5. The lowest BCUT2D eigenvalue weighted by Gasteiger charge is -2.36. The molecular weight excluding hydrogens is 346 g/mol. The molecule has 28 heavy (non-hydrogen) atoms. The Hall–Kier alpha value is -1.55. The maximum atomic E-state index is 13.2. The second kappa shape index (κ2) is 8.86. The minimum atomic E-state index is 0.355. The van der Waals surface area contributed by atoms with Crippen molar-refractivity contribution in [1.82, 2.24) is 9.80 Å². The van der Waals surface area contributed by atoms with E-state index < -0.39 is 0 Å². The van der Waals surface area contributed by atoms with Crippen LogP contribution in [0.15, 0.2) is 24.3 Å². The molecule has 0 unspecified atom stereocenters. The lowest BCUT2D eigenvalue weighted by molar-refractivity contribution is -0.133. The molecule has 2 aliphatic heterocycles. The minimum absolute atomic E-state index is 0.355. The number of amides is 1. The Balaban J connectivity index is 1.55. The second-order valence-corrected chi connectivity index (χ2v) is 9.41. The molecule has 154 valence electrons. The van der Waals surface area contributed by atoms with Crippen LogP contribution in [0, 0.1) is 5.92 Å². The van der Waals surface area contributed by atoms with Gasteiger partial charge in [-0.3, -0.25) is 9.69 Å².